The van der Waals surface area contributed by atoms with E-state index in [9.17, 15) is 0 Å². The number of aliphatic imine (C=N–C) groups is 1. The zero-order valence-electron chi connectivity index (χ0n) is 15.2. The molecule has 2 aromatic rings. The molecule has 2 rings (SSSR count). The summed E-state index contributed by atoms with van der Waals surface area (Å²) in [5.74, 6) is 0.859. The molecule has 2 heterocycles. The molecule has 0 aromatic carbocycles. The van der Waals surface area contributed by atoms with Gasteiger partial charge < -0.3 is 14.8 Å². The third-order valence-corrected chi connectivity index (χ3v) is 5.42. The van der Waals surface area contributed by atoms with Crippen molar-refractivity contribution in [1.29, 1.82) is 0 Å². The third-order valence-electron chi connectivity index (χ3n) is 3.67. The summed E-state index contributed by atoms with van der Waals surface area (Å²) in [6, 6.07) is 2.12. The third kappa shape index (κ3) is 4.83. The van der Waals surface area contributed by atoms with E-state index in [2.05, 4.69) is 74.1 Å². The van der Waals surface area contributed by atoms with Gasteiger partial charge in [0.25, 0.3) is 0 Å². The molecule has 132 valence electrons. The minimum Gasteiger partial charge on any atom is -0.352 e. The van der Waals surface area contributed by atoms with Crippen molar-refractivity contribution in [2.24, 2.45) is 12.0 Å². The zero-order valence-corrected chi connectivity index (χ0v) is 17.6. The van der Waals surface area contributed by atoms with Gasteiger partial charge >= 0.3 is 0 Å². The van der Waals surface area contributed by atoms with Crippen LogP contribution in [0.5, 0.6) is 0 Å². The molecule has 2 aromatic heterocycles. The predicted octanol–water partition coefficient (Wildman–Crippen LogP) is 3.75. The average Bonchev–Trinajstić information content (AvgIpc) is 3.06. The highest BCUT2D eigenvalue weighted by atomic mass is 79.9. The molecule has 0 atom stereocenters. The second kappa shape index (κ2) is 7.70. The van der Waals surface area contributed by atoms with E-state index in [1.807, 2.05) is 14.1 Å². The fourth-order valence-electron chi connectivity index (χ4n) is 2.33. The Labute approximate surface area is 156 Å². The van der Waals surface area contributed by atoms with Gasteiger partial charge in [0.05, 0.1) is 23.8 Å². The molecule has 0 saturated carbocycles. The molecule has 0 aliphatic heterocycles. The molecule has 0 spiro atoms. The van der Waals surface area contributed by atoms with Gasteiger partial charge in [-0.3, -0.25) is 4.99 Å². The van der Waals surface area contributed by atoms with Crippen LogP contribution in [0.1, 0.15) is 37.2 Å². The maximum Gasteiger partial charge on any atom is 0.194 e. The van der Waals surface area contributed by atoms with Crippen molar-refractivity contribution in [2.45, 2.75) is 39.3 Å². The van der Waals surface area contributed by atoms with E-state index in [0.29, 0.717) is 6.54 Å². The van der Waals surface area contributed by atoms with Crippen LogP contribution in [0.3, 0.4) is 0 Å². The Balaban J connectivity index is 1.97. The summed E-state index contributed by atoms with van der Waals surface area (Å²) in [4.78, 5) is 11.2. The fourth-order valence-corrected chi connectivity index (χ4v) is 3.81. The van der Waals surface area contributed by atoms with Crippen LogP contribution in [0.2, 0.25) is 0 Å². The van der Waals surface area contributed by atoms with Crippen LogP contribution in [0, 0.1) is 0 Å². The largest absolute Gasteiger partial charge is 0.352 e. The van der Waals surface area contributed by atoms with E-state index < -0.39 is 0 Å². The van der Waals surface area contributed by atoms with Crippen molar-refractivity contribution < 1.29 is 0 Å². The van der Waals surface area contributed by atoms with Crippen LogP contribution in [0.15, 0.2) is 27.1 Å². The first-order valence-electron chi connectivity index (χ1n) is 7.88. The van der Waals surface area contributed by atoms with Gasteiger partial charge in [0, 0.05) is 48.3 Å². The van der Waals surface area contributed by atoms with Crippen molar-refractivity contribution in [1.82, 2.24) is 19.8 Å². The smallest absolute Gasteiger partial charge is 0.194 e. The number of halogens is 1. The molecule has 5 nitrogen and oxygen atoms in total. The lowest BCUT2D eigenvalue weighted by Crippen LogP contribution is -2.38. The van der Waals surface area contributed by atoms with E-state index in [1.54, 1.807) is 18.4 Å². The summed E-state index contributed by atoms with van der Waals surface area (Å²) in [5, 5.41) is 6.68. The van der Waals surface area contributed by atoms with Gasteiger partial charge in [0.15, 0.2) is 5.96 Å². The lowest BCUT2D eigenvalue weighted by molar-refractivity contribution is 0.461. The lowest BCUT2D eigenvalue weighted by Gasteiger charge is -2.22. The van der Waals surface area contributed by atoms with Crippen molar-refractivity contribution in [2.75, 3.05) is 14.1 Å². The second-order valence-electron chi connectivity index (χ2n) is 6.91. The molecule has 24 heavy (non-hydrogen) atoms. The molecule has 7 heteroatoms. The Morgan fingerprint density at radius 2 is 2.17 bits per heavy atom. The fraction of sp³-hybridized carbons (Fsp3) is 0.529. The monoisotopic (exact) mass is 411 g/mol. The first-order valence-corrected chi connectivity index (χ1v) is 9.55. The van der Waals surface area contributed by atoms with Gasteiger partial charge in [-0.2, -0.15) is 0 Å². The van der Waals surface area contributed by atoms with Crippen molar-refractivity contribution >= 4 is 33.2 Å². The van der Waals surface area contributed by atoms with E-state index in [1.165, 1.54) is 5.69 Å². The van der Waals surface area contributed by atoms with Crippen LogP contribution in [0.4, 0.5) is 0 Å². The number of nitrogens with zero attached hydrogens (tertiary/aromatic N) is 4. The summed E-state index contributed by atoms with van der Waals surface area (Å²) < 4.78 is 3.21. The average molecular weight is 412 g/mol. The van der Waals surface area contributed by atoms with Crippen LogP contribution in [-0.2, 0) is 25.6 Å². The number of rotatable bonds is 4. The van der Waals surface area contributed by atoms with Crippen molar-refractivity contribution in [3.05, 3.63) is 38.5 Å². The van der Waals surface area contributed by atoms with Crippen LogP contribution in [0.25, 0.3) is 0 Å². The maximum absolute atomic E-state index is 4.72. The predicted molar refractivity (Wildman–Crippen MR) is 106 cm³/mol. The van der Waals surface area contributed by atoms with Gasteiger partial charge in [0.1, 0.15) is 0 Å². The summed E-state index contributed by atoms with van der Waals surface area (Å²) in [6.45, 7) is 8.03. The van der Waals surface area contributed by atoms with Crippen LogP contribution >= 0.6 is 27.3 Å². The standard InChI is InChI=1S/C17H26BrN5S/c1-17(2,3)15-21-13(11-24-15)8-20-16(19-4)23(6)10-14-7-12(18)9-22(14)5/h7,9,11H,8,10H2,1-6H3,(H,19,20). The van der Waals surface area contributed by atoms with E-state index in [4.69, 9.17) is 4.98 Å². The summed E-state index contributed by atoms with van der Waals surface area (Å²) in [6.07, 6.45) is 2.06. The summed E-state index contributed by atoms with van der Waals surface area (Å²) >= 11 is 5.23. The van der Waals surface area contributed by atoms with Crippen LogP contribution in [-0.4, -0.2) is 34.5 Å². The molecule has 0 bridgehead atoms. The number of aryl methyl sites for hydroxylation is 1. The number of hydrogen-bond donors (Lipinski definition) is 1. The SMILES string of the molecule is CN=C(NCc1csc(C(C)(C)C)n1)N(C)Cc1cc(Br)cn1C. The number of hydrogen-bond acceptors (Lipinski definition) is 3. The van der Waals surface area contributed by atoms with Gasteiger partial charge in [-0.1, -0.05) is 20.8 Å². The summed E-state index contributed by atoms with van der Waals surface area (Å²) in [5.41, 5.74) is 2.37. The minimum atomic E-state index is 0.0985. The Kier molecular flexibility index (Phi) is 6.09. The van der Waals surface area contributed by atoms with Gasteiger partial charge in [0.2, 0.25) is 0 Å². The lowest BCUT2D eigenvalue weighted by atomic mass is 9.98. The topological polar surface area (TPSA) is 45.5 Å². The normalized spacial score (nSPS) is 12.5. The molecule has 0 amide bonds. The molecule has 0 radical (unpaired) electrons. The molecule has 0 fully saturated rings. The number of guanidine groups is 1. The highest BCUT2D eigenvalue weighted by molar-refractivity contribution is 9.10. The van der Waals surface area contributed by atoms with E-state index in [0.717, 1.165) is 27.7 Å². The molecule has 0 saturated heterocycles. The maximum atomic E-state index is 4.72. The molecular weight excluding hydrogens is 386 g/mol. The van der Waals surface area contributed by atoms with Crippen molar-refractivity contribution in [3.63, 3.8) is 0 Å². The van der Waals surface area contributed by atoms with Gasteiger partial charge in [-0.15, -0.1) is 11.3 Å². The molecule has 0 aliphatic rings. The molecule has 0 aliphatic carbocycles. The van der Waals surface area contributed by atoms with Crippen molar-refractivity contribution in [3.8, 4) is 0 Å². The minimum absolute atomic E-state index is 0.0985. The molecule has 0 unspecified atom stereocenters. The Bertz CT molecular complexity index is 711. The number of aromatic nitrogens is 2. The second-order valence-corrected chi connectivity index (χ2v) is 8.69. The first-order chi connectivity index (χ1) is 11.2. The Hall–Kier alpha value is -1.34. The van der Waals surface area contributed by atoms with E-state index in [-0.39, 0.29) is 5.41 Å². The van der Waals surface area contributed by atoms with Crippen LogP contribution < -0.4 is 5.32 Å². The van der Waals surface area contributed by atoms with Gasteiger partial charge in [-0.25, -0.2) is 4.98 Å². The molecular formula is C17H26BrN5S. The first kappa shape index (κ1) is 19.0. The highest BCUT2D eigenvalue weighted by Crippen LogP contribution is 2.25. The number of nitrogens with one attached hydrogen (secondary N) is 1. The molecule has 1 N–H and O–H groups in total. The summed E-state index contributed by atoms with van der Waals surface area (Å²) in [7, 11) is 5.90. The number of thiazole rings is 1. The Morgan fingerprint density at radius 3 is 2.67 bits per heavy atom. The quantitative estimate of drug-likeness (QED) is 0.615. The zero-order chi connectivity index (χ0) is 17.9. The highest BCUT2D eigenvalue weighted by Gasteiger charge is 2.18. The van der Waals surface area contributed by atoms with E-state index >= 15 is 0 Å². The van der Waals surface area contributed by atoms with Gasteiger partial charge in [-0.05, 0) is 22.0 Å². The Morgan fingerprint density at radius 1 is 1.46 bits per heavy atom.